The Labute approximate surface area is 161 Å². The number of pyridine rings is 1. The fourth-order valence-corrected chi connectivity index (χ4v) is 4.15. The number of thiocarbonyl (C=S) groups is 1. The first-order chi connectivity index (χ1) is 12.5. The minimum absolute atomic E-state index is 0.0254. The second kappa shape index (κ2) is 7.59. The summed E-state index contributed by atoms with van der Waals surface area (Å²) in [7, 11) is 0. The Hall–Kier alpha value is -2.19. The number of nitrogens with zero attached hydrogens (tertiary/aromatic N) is 3. The highest BCUT2D eigenvalue weighted by Gasteiger charge is 2.35. The van der Waals surface area contributed by atoms with Crippen molar-refractivity contribution in [1.82, 2.24) is 14.3 Å². The van der Waals surface area contributed by atoms with Gasteiger partial charge in [-0.3, -0.25) is 18.9 Å². The minimum atomic E-state index is -0.222. The van der Waals surface area contributed by atoms with E-state index < -0.39 is 0 Å². The molecule has 1 fully saturated rings. The molecule has 0 saturated carbocycles. The van der Waals surface area contributed by atoms with Crippen LogP contribution in [0.5, 0.6) is 0 Å². The first-order valence-electron chi connectivity index (χ1n) is 8.50. The number of amides is 1. The molecule has 0 aliphatic carbocycles. The zero-order valence-electron chi connectivity index (χ0n) is 14.9. The van der Waals surface area contributed by atoms with E-state index in [-0.39, 0.29) is 17.5 Å². The van der Waals surface area contributed by atoms with Crippen molar-refractivity contribution in [1.29, 1.82) is 0 Å². The number of thioether (sulfide) groups is 1. The van der Waals surface area contributed by atoms with Gasteiger partial charge < -0.3 is 5.32 Å². The lowest BCUT2D eigenvalue weighted by atomic mass is 10.2. The average Bonchev–Trinajstić information content (AvgIpc) is 2.91. The van der Waals surface area contributed by atoms with Crippen LogP contribution in [-0.2, 0) is 4.79 Å². The fourth-order valence-electron chi connectivity index (χ4n) is 2.71. The number of carbonyl (C=O) groups excluding carboxylic acids is 1. The molecular formula is C18H20N4O2S2. The molecule has 1 saturated heterocycles. The first kappa shape index (κ1) is 18.6. The second-order valence-corrected chi connectivity index (χ2v) is 7.62. The molecule has 1 aliphatic rings. The number of rotatable bonds is 5. The molecule has 136 valence electrons. The summed E-state index contributed by atoms with van der Waals surface area (Å²) < 4.78 is 2.00. The van der Waals surface area contributed by atoms with Crippen molar-refractivity contribution in [3.8, 4) is 0 Å². The van der Waals surface area contributed by atoms with Crippen molar-refractivity contribution >= 4 is 51.7 Å². The molecule has 2 aromatic heterocycles. The molecule has 1 aliphatic heterocycles. The van der Waals surface area contributed by atoms with Crippen molar-refractivity contribution in [2.24, 2.45) is 0 Å². The van der Waals surface area contributed by atoms with Gasteiger partial charge in [-0.1, -0.05) is 37.0 Å². The van der Waals surface area contributed by atoms with Crippen molar-refractivity contribution in [3.63, 3.8) is 0 Å². The smallest absolute Gasteiger partial charge is 0.267 e. The van der Waals surface area contributed by atoms with E-state index >= 15 is 0 Å². The van der Waals surface area contributed by atoms with Gasteiger partial charge in [-0.2, -0.15) is 0 Å². The van der Waals surface area contributed by atoms with Gasteiger partial charge in [0.25, 0.3) is 11.5 Å². The SMILES string of the molecule is CCNc1nc2ccccn2c(=O)c1/C=C1\SC(=S)N([C@H](C)CC)C1=O. The number of hydrogen-bond donors (Lipinski definition) is 1. The van der Waals surface area contributed by atoms with E-state index in [9.17, 15) is 9.59 Å². The normalized spacial score (nSPS) is 17.3. The van der Waals surface area contributed by atoms with Crippen LogP contribution >= 0.6 is 24.0 Å². The van der Waals surface area contributed by atoms with Crippen LogP contribution in [0.15, 0.2) is 34.1 Å². The van der Waals surface area contributed by atoms with Crippen LogP contribution in [0.2, 0.25) is 0 Å². The number of anilines is 1. The van der Waals surface area contributed by atoms with Gasteiger partial charge in [-0.05, 0) is 38.5 Å². The Morgan fingerprint density at radius 1 is 1.35 bits per heavy atom. The standard InChI is InChI=1S/C18H20N4O2S2/c1-4-11(3)22-17(24)13(26-18(22)25)10-12-15(19-5-2)20-14-8-6-7-9-21(14)16(12)23/h6-11,19H,4-5H2,1-3H3/b13-10-/t11-/m1/s1. The Kier molecular flexibility index (Phi) is 5.43. The quantitative estimate of drug-likeness (QED) is 0.627. The van der Waals surface area contributed by atoms with Crippen molar-refractivity contribution in [2.45, 2.75) is 33.2 Å². The first-order valence-corrected chi connectivity index (χ1v) is 9.72. The van der Waals surface area contributed by atoms with Crippen LogP contribution in [-0.4, -0.2) is 37.1 Å². The highest BCUT2D eigenvalue weighted by atomic mass is 32.2. The lowest BCUT2D eigenvalue weighted by molar-refractivity contribution is -0.123. The molecule has 0 spiro atoms. The van der Waals surface area contributed by atoms with Crippen molar-refractivity contribution in [2.75, 3.05) is 11.9 Å². The molecule has 0 bridgehead atoms. The molecule has 26 heavy (non-hydrogen) atoms. The zero-order valence-corrected chi connectivity index (χ0v) is 16.5. The summed E-state index contributed by atoms with van der Waals surface area (Å²) in [5.74, 6) is 0.312. The van der Waals surface area contributed by atoms with E-state index in [0.29, 0.717) is 32.8 Å². The van der Waals surface area contributed by atoms with Gasteiger partial charge in [0.15, 0.2) is 0 Å². The van der Waals surface area contributed by atoms with E-state index in [1.54, 1.807) is 29.3 Å². The van der Waals surface area contributed by atoms with Crippen molar-refractivity contribution in [3.05, 3.63) is 45.2 Å². The third-order valence-electron chi connectivity index (χ3n) is 4.24. The van der Waals surface area contributed by atoms with Crippen LogP contribution in [0.25, 0.3) is 11.7 Å². The van der Waals surface area contributed by atoms with Crippen LogP contribution in [0.3, 0.4) is 0 Å². The molecule has 1 atom stereocenters. The van der Waals surface area contributed by atoms with E-state index in [4.69, 9.17) is 12.2 Å². The molecule has 6 nitrogen and oxygen atoms in total. The molecule has 3 heterocycles. The summed E-state index contributed by atoms with van der Waals surface area (Å²) in [6.07, 6.45) is 4.08. The minimum Gasteiger partial charge on any atom is -0.370 e. The summed E-state index contributed by atoms with van der Waals surface area (Å²) in [6, 6.07) is 5.40. The summed E-state index contributed by atoms with van der Waals surface area (Å²) in [5.41, 5.74) is 0.693. The van der Waals surface area contributed by atoms with E-state index in [1.807, 2.05) is 26.8 Å². The maximum absolute atomic E-state index is 12.9. The molecular weight excluding hydrogens is 368 g/mol. The number of nitrogens with one attached hydrogen (secondary N) is 1. The summed E-state index contributed by atoms with van der Waals surface area (Å²) in [4.78, 5) is 32.3. The molecule has 8 heteroatoms. The predicted molar refractivity (Wildman–Crippen MR) is 110 cm³/mol. The van der Waals surface area contributed by atoms with Crippen molar-refractivity contribution < 1.29 is 4.79 Å². The monoisotopic (exact) mass is 388 g/mol. The Morgan fingerprint density at radius 2 is 2.12 bits per heavy atom. The van der Waals surface area contributed by atoms with Gasteiger partial charge in [-0.25, -0.2) is 4.98 Å². The average molecular weight is 389 g/mol. The van der Waals surface area contributed by atoms with Crippen LogP contribution in [0, 0.1) is 0 Å². The summed E-state index contributed by atoms with van der Waals surface area (Å²) >= 11 is 6.59. The maximum Gasteiger partial charge on any atom is 0.267 e. The Balaban J connectivity index is 2.13. The summed E-state index contributed by atoms with van der Waals surface area (Å²) in [5, 5.41) is 3.12. The van der Waals surface area contributed by atoms with Gasteiger partial charge in [0.05, 0.1) is 10.5 Å². The lowest BCUT2D eigenvalue weighted by Gasteiger charge is -2.21. The number of aromatic nitrogens is 2. The predicted octanol–water partition coefficient (Wildman–Crippen LogP) is 3.13. The third-order valence-corrected chi connectivity index (χ3v) is 5.57. The highest BCUT2D eigenvalue weighted by molar-refractivity contribution is 8.26. The van der Waals surface area contributed by atoms with E-state index in [2.05, 4.69) is 10.3 Å². The van der Waals surface area contributed by atoms with Gasteiger partial charge in [0.2, 0.25) is 0 Å². The van der Waals surface area contributed by atoms with Crippen LogP contribution in [0.4, 0.5) is 5.82 Å². The molecule has 3 rings (SSSR count). The van der Waals surface area contributed by atoms with Gasteiger partial charge in [0.1, 0.15) is 15.8 Å². The highest BCUT2D eigenvalue weighted by Crippen LogP contribution is 2.34. The fraction of sp³-hybridized carbons (Fsp3) is 0.333. The third kappa shape index (κ3) is 3.26. The van der Waals surface area contributed by atoms with Gasteiger partial charge >= 0.3 is 0 Å². The number of fused-ring (bicyclic) bond motifs is 1. The Morgan fingerprint density at radius 3 is 2.81 bits per heavy atom. The molecule has 0 radical (unpaired) electrons. The van der Waals surface area contributed by atoms with E-state index in [0.717, 1.165) is 6.42 Å². The number of carbonyl (C=O) groups is 1. The largest absolute Gasteiger partial charge is 0.370 e. The topological polar surface area (TPSA) is 66.7 Å². The molecule has 1 amide bonds. The molecule has 1 N–H and O–H groups in total. The lowest BCUT2D eigenvalue weighted by Crippen LogP contribution is -2.36. The maximum atomic E-state index is 12.9. The molecule has 0 unspecified atom stereocenters. The van der Waals surface area contributed by atoms with Gasteiger partial charge in [0, 0.05) is 18.8 Å². The molecule has 2 aromatic rings. The summed E-state index contributed by atoms with van der Waals surface area (Å²) in [6.45, 7) is 6.52. The van der Waals surface area contributed by atoms with Crippen LogP contribution < -0.4 is 10.9 Å². The molecule has 0 aromatic carbocycles. The Bertz CT molecular complexity index is 967. The second-order valence-electron chi connectivity index (χ2n) is 5.95. The zero-order chi connectivity index (χ0) is 18.8. The van der Waals surface area contributed by atoms with Gasteiger partial charge in [-0.15, -0.1) is 0 Å². The van der Waals surface area contributed by atoms with E-state index in [1.165, 1.54) is 16.2 Å². The van der Waals surface area contributed by atoms with Crippen LogP contribution in [0.1, 0.15) is 32.8 Å². The number of hydrogen-bond acceptors (Lipinski definition) is 6.